The summed E-state index contributed by atoms with van der Waals surface area (Å²) in [5, 5.41) is 8.88. The van der Waals surface area contributed by atoms with Gasteiger partial charge in [0.1, 0.15) is 11.5 Å². The Balaban J connectivity index is 2.31. The van der Waals surface area contributed by atoms with Crippen LogP contribution in [0.4, 0.5) is 0 Å². The van der Waals surface area contributed by atoms with Gasteiger partial charge in [0.2, 0.25) is 0 Å². The molecule has 1 heterocycles. The summed E-state index contributed by atoms with van der Waals surface area (Å²) < 4.78 is 5.65. The zero-order valence-corrected chi connectivity index (χ0v) is 10.2. The highest BCUT2D eigenvalue weighted by atomic mass is 16.5. The van der Waals surface area contributed by atoms with Gasteiger partial charge in [0.25, 0.3) is 0 Å². The van der Waals surface area contributed by atoms with Gasteiger partial charge in [-0.2, -0.15) is 0 Å². The van der Waals surface area contributed by atoms with Crippen molar-refractivity contribution in [3.05, 3.63) is 53.3 Å². The smallest absolute Gasteiger partial charge is 0.337 e. The monoisotopic (exact) mass is 243 g/mol. The number of aryl methyl sites for hydroxylation is 2. The molecule has 2 aromatic rings. The number of carbonyl (C=O) groups is 1. The maximum Gasteiger partial charge on any atom is 0.337 e. The lowest BCUT2D eigenvalue weighted by Gasteiger charge is -2.09. The quantitative estimate of drug-likeness (QED) is 0.899. The first-order valence-electron chi connectivity index (χ1n) is 5.50. The van der Waals surface area contributed by atoms with Gasteiger partial charge >= 0.3 is 5.97 Å². The van der Waals surface area contributed by atoms with Crippen molar-refractivity contribution in [3.8, 4) is 11.5 Å². The lowest BCUT2D eigenvalue weighted by atomic mass is 10.1. The number of aromatic carboxylic acids is 1. The zero-order valence-electron chi connectivity index (χ0n) is 10.2. The Morgan fingerprint density at radius 2 is 2.00 bits per heavy atom. The fourth-order valence-electron chi connectivity index (χ4n) is 1.54. The minimum atomic E-state index is -1.02. The van der Waals surface area contributed by atoms with E-state index in [0.717, 1.165) is 11.1 Å². The minimum Gasteiger partial charge on any atom is -0.478 e. The molecule has 4 heteroatoms. The molecule has 1 aromatic carbocycles. The summed E-state index contributed by atoms with van der Waals surface area (Å²) in [6, 6.07) is 7.31. The molecule has 0 saturated heterocycles. The third-order valence-electron chi connectivity index (χ3n) is 2.53. The van der Waals surface area contributed by atoms with Crippen molar-refractivity contribution in [3.63, 3.8) is 0 Å². The number of rotatable bonds is 3. The van der Waals surface area contributed by atoms with Crippen molar-refractivity contribution in [1.29, 1.82) is 0 Å². The molecule has 0 saturated carbocycles. The van der Waals surface area contributed by atoms with Crippen LogP contribution in [0, 0.1) is 13.8 Å². The van der Waals surface area contributed by atoms with Crippen LogP contribution in [0.5, 0.6) is 11.5 Å². The van der Waals surface area contributed by atoms with Crippen LogP contribution in [0.3, 0.4) is 0 Å². The van der Waals surface area contributed by atoms with Crippen molar-refractivity contribution < 1.29 is 14.6 Å². The minimum absolute atomic E-state index is 0.109. The van der Waals surface area contributed by atoms with E-state index in [4.69, 9.17) is 9.84 Å². The molecular weight excluding hydrogens is 230 g/mol. The van der Waals surface area contributed by atoms with Crippen molar-refractivity contribution in [1.82, 2.24) is 4.98 Å². The Kier molecular flexibility index (Phi) is 3.28. The van der Waals surface area contributed by atoms with Crippen LogP contribution in [0.2, 0.25) is 0 Å². The Labute approximate surface area is 105 Å². The predicted molar refractivity (Wildman–Crippen MR) is 67.2 cm³/mol. The normalized spacial score (nSPS) is 10.1. The summed E-state index contributed by atoms with van der Waals surface area (Å²) in [4.78, 5) is 14.7. The third kappa shape index (κ3) is 2.66. The first-order valence-corrected chi connectivity index (χ1v) is 5.50. The first-order chi connectivity index (χ1) is 8.56. The number of carboxylic acids is 1. The molecule has 0 aliphatic carbocycles. The van der Waals surface area contributed by atoms with E-state index >= 15 is 0 Å². The Morgan fingerprint density at radius 3 is 2.72 bits per heavy atom. The second kappa shape index (κ2) is 4.87. The summed E-state index contributed by atoms with van der Waals surface area (Å²) in [7, 11) is 0. The summed E-state index contributed by atoms with van der Waals surface area (Å²) in [6.45, 7) is 3.90. The Bertz CT molecular complexity index is 593. The van der Waals surface area contributed by atoms with Crippen LogP contribution in [0.15, 0.2) is 36.7 Å². The fraction of sp³-hybridized carbons (Fsp3) is 0.143. The average molecular weight is 243 g/mol. The molecule has 0 aliphatic heterocycles. The van der Waals surface area contributed by atoms with E-state index in [-0.39, 0.29) is 5.56 Å². The fourth-order valence-corrected chi connectivity index (χ4v) is 1.54. The van der Waals surface area contributed by atoms with Crippen LogP contribution < -0.4 is 4.74 Å². The van der Waals surface area contributed by atoms with Crippen LogP contribution in [0.25, 0.3) is 0 Å². The Hall–Kier alpha value is -2.36. The van der Waals surface area contributed by atoms with Gasteiger partial charge in [-0.3, -0.25) is 4.98 Å². The lowest BCUT2D eigenvalue weighted by Crippen LogP contribution is -1.98. The van der Waals surface area contributed by atoms with Crippen LogP contribution in [-0.4, -0.2) is 16.1 Å². The molecule has 92 valence electrons. The Morgan fingerprint density at radius 1 is 1.22 bits per heavy atom. The highest BCUT2D eigenvalue weighted by Crippen LogP contribution is 2.25. The SMILES string of the molecule is Cc1ccc(C)c(Oc2cncc(C(=O)O)c2)c1. The van der Waals surface area contributed by atoms with Crippen molar-refractivity contribution in [2.24, 2.45) is 0 Å². The highest BCUT2D eigenvalue weighted by Gasteiger charge is 2.07. The maximum atomic E-state index is 10.8. The van der Waals surface area contributed by atoms with Crippen LogP contribution in [0.1, 0.15) is 21.5 Å². The number of benzene rings is 1. The highest BCUT2D eigenvalue weighted by molar-refractivity contribution is 5.87. The van der Waals surface area contributed by atoms with Gasteiger partial charge in [-0.15, -0.1) is 0 Å². The average Bonchev–Trinajstić information content (AvgIpc) is 2.34. The summed E-state index contributed by atoms with van der Waals surface area (Å²) in [5.41, 5.74) is 2.18. The van der Waals surface area contributed by atoms with E-state index in [9.17, 15) is 4.79 Å². The van der Waals surface area contributed by atoms with Crippen LogP contribution in [-0.2, 0) is 0 Å². The van der Waals surface area contributed by atoms with Gasteiger partial charge in [0.15, 0.2) is 0 Å². The standard InChI is InChI=1S/C14H13NO3/c1-9-3-4-10(2)13(5-9)18-12-6-11(14(16)17)7-15-8-12/h3-8H,1-2H3,(H,16,17). The second-order valence-electron chi connectivity index (χ2n) is 4.09. The summed E-state index contributed by atoms with van der Waals surface area (Å²) >= 11 is 0. The number of aromatic nitrogens is 1. The molecule has 2 rings (SSSR count). The second-order valence-corrected chi connectivity index (χ2v) is 4.09. The first kappa shape index (κ1) is 12.1. The molecule has 0 unspecified atom stereocenters. The van der Waals surface area contributed by atoms with Crippen molar-refractivity contribution in [2.45, 2.75) is 13.8 Å². The predicted octanol–water partition coefficient (Wildman–Crippen LogP) is 3.19. The van der Waals surface area contributed by atoms with Gasteiger partial charge in [0.05, 0.1) is 11.8 Å². The number of carboxylic acid groups (broad SMARTS) is 1. The van der Waals surface area contributed by atoms with Crippen LogP contribution >= 0.6 is 0 Å². The van der Waals surface area contributed by atoms with E-state index in [0.29, 0.717) is 11.5 Å². The van der Waals surface area contributed by atoms with Gasteiger partial charge < -0.3 is 9.84 Å². The van der Waals surface area contributed by atoms with Gasteiger partial charge in [-0.05, 0) is 37.1 Å². The van der Waals surface area contributed by atoms with E-state index < -0.39 is 5.97 Å². The molecule has 0 radical (unpaired) electrons. The number of hydrogen-bond donors (Lipinski definition) is 1. The molecule has 1 aromatic heterocycles. The van der Waals surface area contributed by atoms with Crippen molar-refractivity contribution in [2.75, 3.05) is 0 Å². The molecule has 4 nitrogen and oxygen atoms in total. The zero-order chi connectivity index (χ0) is 13.1. The van der Waals surface area contributed by atoms with Gasteiger partial charge in [-0.1, -0.05) is 12.1 Å². The van der Waals surface area contributed by atoms with Crippen molar-refractivity contribution >= 4 is 5.97 Å². The summed E-state index contributed by atoms with van der Waals surface area (Å²) in [6.07, 6.45) is 2.78. The maximum absolute atomic E-state index is 10.8. The molecule has 0 fully saturated rings. The lowest BCUT2D eigenvalue weighted by molar-refractivity contribution is 0.0696. The number of pyridine rings is 1. The van der Waals surface area contributed by atoms with E-state index in [1.54, 1.807) is 0 Å². The molecule has 0 amide bonds. The number of nitrogens with zero attached hydrogens (tertiary/aromatic N) is 1. The molecule has 0 spiro atoms. The number of hydrogen-bond acceptors (Lipinski definition) is 3. The molecule has 0 aliphatic rings. The molecule has 18 heavy (non-hydrogen) atoms. The van der Waals surface area contributed by atoms with E-state index in [1.165, 1.54) is 18.5 Å². The summed E-state index contributed by atoms with van der Waals surface area (Å²) in [5.74, 6) is 0.108. The van der Waals surface area contributed by atoms with Gasteiger partial charge in [0, 0.05) is 6.20 Å². The molecule has 0 bridgehead atoms. The number of ether oxygens (including phenoxy) is 1. The molecule has 1 N–H and O–H groups in total. The third-order valence-corrected chi connectivity index (χ3v) is 2.53. The van der Waals surface area contributed by atoms with Gasteiger partial charge in [-0.25, -0.2) is 4.79 Å². The molecule has 0 atom stereocenters. The van der Waals surface area contributed by atoms with E-state index in [2.05, 4.69) is 4.98 Å². The largest absolute Gasteiger partial charge is 0.478 e. The molecular formula is C14H13NO3. The van der Waals surface area contributed by atoms with E-state index in [1.807, 2.05) is 32.0 Å². The topological polar surface area (TPSA) is 59.4 Å².